The molecule has 0 aromatic carbocycles. The van der Waals surface area contributed by atoms with E-state index in [1.165, 1.54) is 51.5 Å². The largest absolute Gasteiger partial charge is 0.314 e. The third-order valence-corrected chi connectivity index (χ3v) is 5.36. The van der Waals surface area contributed by atoms with E-state index >= 15 is 0 Å². The molecule has 100 valence electrons. The van der Waals surface area contributed by atoms with E-state index in [1.54, 1.807) is 0 Å². The van der Waals surface area contributed by atoms with Crippen LogP contribution >= 0.6 is 0 Å². The van der Waals surface area contributed by atoms with Crippen molar-refractivity contribution in [3.63, 3.8) is 0 Å². The lowest BCUT2D eigenvalue weighted by atomic mass is 9.73. The van der Waals surface area contributed by atoms with Crippen molar-refractivity contribution >= 4 is 0 Å². The Morgan fingerprint density at radius 2 is 1.59 bits per heavy atom. The summed E-state index contributed by atoms with van der Waals surface area (Å²) in [4.78, 5) is 0. The molecule has 2 saturated carbocycles. The Morgan fingerprint density at radius 1 is 1.00 bits per heavy atom. The first-order chi connectivity index (χ1) is 8.19. The Labute approximate surface area is 108 Å². The van der Waals surface area contributed by atoms with Gasteiger partial charge in [0.05, 0.1) is 0 Å². The van der Waals surface area contributed by atoms with Crippen LogP contribution in [0.4, 0.5) is 0 Å². The van der Waals surface area contributed by atoms with Crippen LogP contribution in [0, 0.1) is 23.7 Å². The summed E-state index contributed by atoms with van der Waals surface area (Å²) in [5.74, 6) is 3.92. The molecule has 0 aliphatic heterocycles. The molecule has 2 aliphatic rings. The van der Waals surface area contributed by atoms with Gasteiger partial charge in [-0.15, -0.1) is 0 Å². The Bertz CT molecular complexity index is 210. The molecule has 0 saturated heterocycles. The third kappa shape index (κ3) is 3.71. The van der Waals surface area contributed by atoms with E-state index in [1.807, 2.05) is 0 Å². The van der Waals surface area contributed by atoms with Crippen LogP contribution in [0.3, 0.4) is 0 Å². The molecule has 0 spiro atoms. The Morgan fingerprint density at radius 3 is 2.12 bits per heavy atom. The van der Waals surface area contributed by atoms with Crippen molar-refractivity contribution < 1.29 is 0 Å². The second-order valence-corrected chi connectivity index (χ2v) is 6.88. The summed E-state index contributed by atoms with van der Waals surface area (Å²) in [6, 6.07) is 0.853. The van der Waals surface area contributed by atoms with Gasteiger partial charge >= 0.3 is 0 Å². The van der Waals surface area contributed by atoms with Crippen molar-refractivity contribution in [2.24, 2.45) is 23.7 Å². The maximum Gasteiger partial charge on any atom is 0.00726 e. The van der Waals surface area contributed by atoms with Gasteiger partial charge in [0, 0.05) is 6.04 Å². The van der Waals surface area contributed by atoms with E-state index in [4.69, 9.17) is 0 Å². The highest BCUT2D eigenvalue weighted by Crippen LogP contribution is 2.34. The third-order valence-electron chi connectivity index (χ3n) is 5.36. The zero-order chi connectivity index (χ0) is 12.3. The Balaban J connectivity index is 1.55. The smallest absolute Gasteiger partial charge is 0.00726 e. The molecular weight excluding hydrogens is 206 g/mol. The van der Waals surface area contributed by atoms with Crippen molar-refractivity contribution in [1.29, 1.82) is 0 Å². The molecule has 2 rings (SSSR count). The van der Waals surface area contributed by atoms with Crippen molar-refractivity contribution in [3.05, 3.63) is 0 Å². The molecule has 0 aromatic rings. The van der Waals surface area contributed by atoms with Crippen molar-refractivity contribution in [2.45, 2.75) is 71.8 Å². The zero-order valence-electron chi connectivity index (χ0n) is 12.0. The van der Waals surface area contributed by atoms with Crippen LogP contribution in [0.1, 0.15) is 65.7 Å². The minimum absolute atomic E-state index is 0.853. The quantitative estimate of drug-likeness (QED) is 0.754. The highest BCUT2D eigenvalue weighted by atomic mass is 14.9. The Hall–Kier alpha value is -0.0400. The number of nitrogens with one attached hydrogen (secondary N) is 1. The van der Waals surface area contributed by atoms with Gasteiger partial charge in [-0.25, -0.2) is 0 Å². The van der Waals surface area contributed by atoms with Crippen LogP contribution in [0.5, 0.6) is 0 Å². The molecule has 1 nitrogen and oxygen atoms in total. The second-order valence-electron chi connectivity index (χ2n) is 6.88. The maximum absolute atomic E-state index is 3.81. The lowest BCUT2D eigenvalue weighted by Gasteiger charge is -2.40. The first-order valence-corrected chi connectivity index (χ1v) is 7.92. The second kappa shape index (κ2) is 6.22. The molecule has 2 fully saturated rings. The van der Waals surface area contributed by atoms with Gasteiger partial charge in [0.1, 0.15) is 0 Å². The molecule has 0 atom stereocenters. The number of hydrogen-bond acceptors (Lipinski definition) is 1. The van der Waals surface area contributed by atoms with E-state index in [0.717, 1.165) is 29.7 Å². The average molecular weight is 237 g/mol. The van der Waals surface area contributed by atoms with Gasteiger partial charge in [-0.05, 0) is 55.9 Å². The molecule has 0 unspecified atom stereocenters. The van der Waals surface area contributed by atoms with E-state index in [9.17, 15) is 0 Å². The summed E-state index contributed by atoms with van der Waals surface area (Å²) < 4.78 is 0. The molecular formula is C16H31N. The SMILES string of the molecule is CCC1CCC(CNC2CC(C(C)C)C2)CC1. The fourth-order valence-electron chi connectivity index (χ4n) is 3.55. The van der Waals surface area contributed by atoms with Crippen molar-refractivity contribution in [2.75, 3.05) is 6.54 Å². The minimum Gasteiger partial charge on any atom is -0.314 e. The molecule has 1 N–H and O–H groups in total. The minimum atomic E-state index is 0.853. The van der Waals surface area contributed by atoms with Gasteiger partial charge in [-0.2, -0.15) is 0 Å². The van der Waals surface area contributed by atoms with Crippen LogP contribution in [0.15, 0.2) is 0 Å². The van der Waals surface area contributed by atoms with Gasteiger partial charge in [-0.1, -0.05) is 40.0 Å². The first-order valence-electron chi connectivity index (χ1n) is 7.92. The normalized spacial score (nSPS) is 38.1. The molecule has 17 heavy (non-hydrogen) atoms. The standard InChI is InChI=1S/C16H31N/c1-4-13-5-7-14(8-6-13)11-17-16-9-15(10-16)12(2)3/h12-17H,4-11H2,1-3H3. The van der Waals surface area contributed by atoms with Crippen LogP contribution in [0.25, 0.3) is 0 Å². The average Bonchev–Trinajstić information content (AvgIpc) is 2.27. The van der Waals surface area contributed by atoms with Crippen molar-refractivity contribution in [3.8, 4) is 0 Å². The maximum atomic E-state index is 3.81. The van der Waals surface area contributed by atoms with Crippen LogP contribution in [-0.2, 0) is 0 Å². The zero-order valence-corrected chi connectivity index (χ0v) is 12.0. The highest BCUT2D eigenvalue weighted by molar-refractivity contribution is 4.87. The molecule has 0 heterocycles. The molecule has 0 bridgehead atoms. The van der Waals surface area contributed by atoms with Gasteiger partial charge in [0.15, 0.2) is 0 Å². The summed E-state index contributed by atoms with van der Waals surface area (Å²) in [5.41, 5.74) is 0. The fourth-order valence-corrected chi connectivity index (χ4v) is 3.55. The van der Waals surface area contributed by atoms with Crippen LogP contribution in [0.2, 0.25) is 0 Å². The van der Waals surface area contributed by atoms with Gasteiger partial charge in [0.25, 0.3) is 0 Å². The Kier molecular flexibility index (Phi) is 4.90. The van der Waals surface area contributed by atoms with Gasteiger partial charge in [-0.3, -0.25) is 0 Å². The lowest BCUT2D eigenvalue weighted by Crippen LogP contribution is -2.45. The fraction of sp³-hybridized carbons (Fsp3) is 1.00. The summed E-state index contributed by atoms with van der Waals surface area (Å²) in [6.07, 6.45) is 10.2. The molecule has 0 aromatic heterocycles. The monoisotopic (exact) mass is 237 g/mol. The topological polar surface area (TPSA) is 12.0 Å². The summed E-state index contributed by atoms with van der Waals surface area (Å²) >= 11 is 0. The molecule has 1 heteroatoms. The molecule has 2 aliphatic carbocycles. The lowest BCUT2D eigenvalue weighted by molar-refractivity contribution is 0.156. The first kappa shape index (κ1) is 13.4. The van der Waals surface area contributed by atoms with E-state index in [-0.39, 0.29) is 0 Å². The summed E-state index contributed by atoms with van der Waals surface area (Å²) in [5, 5.41) is 3.81. The van der Waals surface area contributed by atoms with Crippen molar-refractivity contribution in [1.82, 2.24) is 5.32 Å². The van der Waals surface area contributed by atoms with Gasteiger partial charge in [0.2, 0.25) is 0 Å². The predicted molar refractivity (Wildman–Crippen MR) is 75.1 cm³/mol. The van der Waals surface area contributed by atoms with Crippen LogP contribution in [-0.4, -0.2) is 12.6 Å². The van der Waals surface area contributed by atoms with Crippen LogP contribution < -0.4 is 5.32 Å². The number of rotatable bonds is 5. The van der Waals surface area contributed by atoms with E-state index < -0.39 is 0 Å². The summed E-state index contributed by atoms with van der Waals surface area (Å²) in [6.45, 7) is 8.38. The van der Waals surface area contributed by atoms with E-state index in [2.05, 4.69) is 26.1 Å². The molecule has 0 radical (unpaired) electrons. The molecule has 0 amide bonds. The van der Waals surface area contributed by atoms with E-state index in [0.29, 0.717) is 0 Å². The summed E-state index contributed by atoms with van der Waals surface area (Å²) in [7, 11) is 0. The predicted octanol–water partition coefficient (Wildman–Crippen LogP) is 4.23. The highest BCUT2D eigenvalue weighted by Gasteiger charge is 2.31. The number of hydrogen-bond donors (Lipinski definition) is 1. The van der Waals surface area contributed by atoms with Gasteiger partial charge < -0.3 is 5.32 Å².